The second-order valence-electron chi connectivity index (χ2n) is 5.25. The Labute approximate surface area is 133 Å². The Kier molecular flexibility index (Phi) is 4.03. The number of ether oxygens (including phenoxy) is 1. The van der Waals surface area contributed by atoms with Crippen LogP contribution < -0.4 is 5.73 Å². The van der Waals surface area contributed by atoms with E-state index in [0.29, 0.717) is 5.69 Å². The molecule has 2 N–H and O–H groups in total. The molecule has 1 aliphatic heterocycles. The lowest BCUT2D eigenvalue weighted by atomic mass is 10.1. The summed E-state index contributed by atoms with van der Waals surface area (Å²) in [5, 5.41) is 0. The number of carbonyl (C=O) groups is 2. The van der Waals surface area contributed by atoms with Crippen molar-refractivity contribution in [3.8, 4) is 11.3 Å². The van der Waals surface area contributed by atoms with E-state index in [1.54, 1.807) is 0 Å². The molecule has 3 rings (SSSR count). The molecule has 0 bridgehead atoms. The molecule has 2 aromatic rings. The van der Waals surface area contributed by atoms with Crippen molar-refractivity contribution in [1.82, 2.24) is 14.9 Å². The van der Waals surface area contributed by atoms with E-state index in [2.05, 4.69) is 9.97 Å². The van der Waals surface area contributed by atoms with Gasteiger partial charge >= 0.3 is 0 Å². The monoisotopic (exact) mass is 312 g/mol. The summed E-state index contributed by atoms with van der Waals surface area (Å²) in [6.07, 6.45) is 1.92. The molecule has 1 unspecified atom stereocenters. The van der Waals surface area contributed by atoms with Crippen molar-refractivity contribution < 1.29 is 14.3 Å². The summed E-state index contributed by atoms with van der Waals surface area (Å²) in [4.78, 5) is 33.9. The summed E-state index contributed by atoms with van der Waals surface area (Å²) >= 11 is 0. The Morgan fingerprint density at radius 3 is 2.83 bits per heavy atom. The van der Waals surface area contributed by atoms with Gasteiger partial charge in [-0.25, -0.2) is 4.98 Å². The van der Waals surface area contributed by atoms with Crippen molar-refractivity contribution in [2.75, 3.05) is 13.2 Å². The lowest BCUT2D eigenvalue weighted by Gasteiger charge is -2.20. The maximum Gasteiger partial charge on any atom is 0.277 e. The number of nitrogens with zero attached hydrogens (tertiary/aromatic N) is 3. The van der Waals surface area contributed by atoms with Gasteiger partial charge in [-0.3, -0.25) is 14.6 Å². The summed E-state index contributed by atoms with van der Waals surface area (Å²) in [7, 11) is 0. The highest BCUT2D eigenvalue weighted by Gasteiger charge is 2.36. The topological polar surface area (TPSA) is 98.4 Å². The fourth-order valence-electron chi connectivity index (χ4n) is 2.55. The van der Waals surface area contributed by atoms with E-state index in [9.17, 15) is 9.59 Å². The quantitative estimate of drug-likeness (QED) is 0.901. The van der Waals surface area contributed by atoms with Gasteiger partial charge in [-0.2, -0.15) is 0 Å². The number of rotatable bonds is 3. The van der Waals surface area contributed by atoms with Crippen LogP contribution in [0.15, 0.2) is 36.7 Å². The van der Waals surface area contributed by atoms with Crippen molar-refractivity contribution in [3.63, 3.8) is 0 Å². The standard InChI is InChI=1S/C16H16N4O3/c1-10-3-2-4-11(9-10)12-13(19-6-5-18-12)15(22)20-7-8-23-16(20)14(17)21/h2-6,9,16H,7-8H2,1H3,(H2,17,21). The minimum Gasteiger partial charge on any atom is -0.366 e. The van der Waals surface area contributed by atoms with Crippen LogP contribution in [0.25, 0.3) is 11.3 Å². The SMILES string of the molecule is Cc1cccc(-c2nccnc2C(=O)N2CCOC2C(N)=O)c1. The predicted octanol–water partition coefficient (Wildman–Crippen LogP) is 0.736. The first kappa shape index (κ1) is 15.1. The number of hydrogen-bond acceptors (Lipinski definition) is 5. The summed E-state index contributed by atoms with van der Waals surface area (Å²) in [6.45, 7) is 2.51. The molecular weight excluding hydrogens is 296 g/mol. The van der Waals surface area contributed by atoms with E-state index in [1.807, 2.05) is 31.2 Å². The second kappa shape index (κ2) is 6.13. The highest BCUT2D eigenvalue weighted by molar-refractivity contribution is 6.00. The average Bonchev–Trinajstić information content (AvgIpc) is 3.04. The van der Waals surface area contributed by atoms with E-state index >= 15 is 0 Å². The number of carbonyl (C=O) groups excluding carboxylic acids is 2. The minimum absolute atomic E-state index is 0.176. The fourth-order valence-corrected chi connectivity index (χ4v) is 2.55. The highest BCUT2D eigenvalue weighted by atomic mass is 16.5. The van der Waals surface area contributed by atoms with Crippen molar-refractivity contribution >= 4 is 11.8 Å². The van der Waals surface area contributed by atoms with Crippen LogP contribution in [0.2, 0.25) is 0 Å². The molecule has 23 heavy (non-hydrogen) atoms. The van der Waals surface area contributed by atoms with Crippen molar-refractivity contribution in [3.05, 3.63) is 47.9 Å². The molecule has 7 nitrogen and oxygen atoms in total. The smallest absolute Gasteiger partial charge is 0.277 e. The molecule has 1 aliphatic rings. The molecule has 0 radical (unpaired) electrons. The average molecular weight is 312 g/mol. The number of primary amides is 1. The van der Waals surface area contributed by atoms with E-state index < -0.39 is 18.0 Å². The molecule has 0 spiro atoms. The van der Waals surface area contributed by atoms with Gasteiger partial charge in [-0.15, -0.1) is 0 Å². The van der Waals surface area contributed by atoms with Gasteiger partial charge < -0.3 is 15.4 Å². The number of amides is 2. The predicted molar refractivity (Wildman–Crippen MR) is 82.2 cm³/mol. The van der Waals surface area contributed by atoms with Crippen LogP contribution in [0.5, 0.6) is 0 Å². The van der Waals surface area contributed by atoms with E-state index in [4.69, 9.17) is 10.5 Å². The Bertz CT molecular complexity index is 762. The van der Waals surface area contributed by atoms with Gasteiger partial charge in [-0.1, -0.05) is 23.8 Å². The normalized spacial score (nSPS) is 17.3. The van der Waals surface area contributed by atoms with Gasteiger partial charge in [0.15, 0.2) is 5.69 Å². The zero-order valence-electron chi connectivity index (χ0n) is 12.6. The van der Waals surface area contributed by atoms with E-state index in [0.717, 1.165) is 11.1 Å². The summed E-state index contributed by atoms with van der Waals surface area (Å²) in [6, 6.07) is 7.63. The summed E-state index contributed by atoms with van der Waals surface area (Å²) in [5.41, 5.74) is 7.76. The number of hydrogen-bond donors (Lipinski definition) is 1. The molecule has 0 aliphatic carbocycles. The van der Waals surface area contributed by atoms with Crippen LogP contribution in [-0.4, -0.2) is 46.1 Å². The third-order valence-electron chi connectivity index (χ3n) is 3.59. The van der Waals surface area contributed by atoms with Crippen LogP contribution in [-0.2, 0) is 9.53 Å². The van der Waals surface area contributed by atoms with Gasteiger partial charge in [0, 0.05) is 24.5 Å². The van der Waals surface area contributed by atoms with Gasteiger partial charge in [0.2, 0.25) is 6.23 Å². The van der Waals surface area contributed by atoms with Gasteiger partial charge in [-0.05, 0) is 13.0 Å². The third-order valence-corrected chi connectivity index (χ3v) is 3.59. The second-order valence-corrected chi connectivity index (χ2v) is 5.25. The highest BCUT2D eigenvalue weighted by Crippen LogP contribution is 2.23. The van der Waals surface area contributed by atoms with Crippen molar-refractivity contribution in [1.29, 1.82) is 0 Å². The zero-order chi connectivity index (χ0) is 16.4. The van der Waals surface area contributed by atoms with E-state index in [1.165, 1.54) is 17.3 Å². The van der Waals surface area contributed by atoms with Crippen molar-refractivity contribution in [2.45, 2.75) is 13.2 Å². The molecule has 1 saturated heterocycles. The Balaban J connectivity index is 2.00. The molecule has 2 amide bonds. The largest absolute Gasteiger partial charge is 0.366 e. The molecule has 7 heteroatoms. The van der Waals surface area contributed by atoms with Crippen LogP contribution in [0.1, 0.15) is 16.1 Å². The van der Waals surface area contributed by atoms with Gasteiger partial charge in [0.25, 0.3) is 11.8 Å². The number of aryl methyl sites for hydroxylation is 1. The maximum atomic E-state index is 12.8. The molecule has 118 valence electrons. The molecule has 2 heterocycles. The molecule has 0 saturated carbocycles. The third kappa shape index (κ3) is 2.91. The van der Waals surface area contributed by atoms with Crippen LogP contribution in [0, 0.1) is 6.92 Å². The van der Waals surface area contributed by atoms with Crippen LogP contribution in [0.3, 0.4) is 0 Å². The Morgan fingerprint density at radius 2 is 2.09 bits per heavy atom. The molecule has 1 atom stereocenters. The lowest BCUT2D eigenvalue weighted by Crippen LogP contribution is -2.44. The fraction of sp³-hybridized carbons (Fsp3) is 0.250. The molecular formula is C16H16N4O3. The Hall–Kier alpha value is -2.80. The van der Waals surface area contributed by atoms with Gasteiger partial charge in [0.1, 0.15) is 5.69 Å². The van der Waals surface area contributed by atoms with Crippen LogP contribution >= 0.6 is 0 Å². The lowest BCUT2D eigenvalue weighted by molar-refractivity contribution is -0.131. The minimum atomic E-state index is -1.06. The maximum absolute atomic E-state index is 12.8. The summed E-state index contributed by atoms with van der Waals surface area (Å²) in [5.74, 6) is -1.12. The molecule has 1 aromatic heterocycles. The first-order valence-corrected chi connectivity index (χ1v) is 7.18. The molecule has 1 aromatic carbocycles. The molecule has 1 fully saturated rings. The first-order chi connectivity index (χ1) is 11.1. The van der Waals surface area contributed by atoms with Crippen LogP contribution in [0.4, 0.5) is 0 Å². The van der Waals surface area contributed by atoms with Crippen molar-refractivity contribution in [2.24, 2.45) is 5.73 Å². The zero-order valence-corrected chi connectivity index (χ0v) is 12.6. The number of aromatic nitrogens is 2. The number of benzene rings is 1. The van der Waals surface area contributed by atoms with Gasteiger partial charge in [0.05, 0.1) is 6.61 Å². The Morgan fingerprint density at radius 1 is 1.30 bits per heavy atom. The van der Waals surface area contributed by atoms with E-state index in [-0.39, 0.29) is 18.8 Å². The summed E-state index contributed by atoms with van der Waals surface area (Å²) < 4.78 is 5.22. The number of nitrogens with two attached hydrogens (primary N) is 1. The first-order valence-electron chi connectivity index (χ1n) is 7.18.